The Balaban J connectivity index is 2.93. The van der Waals surface area contributed by atoms with Gasteiger partial charge in [0.15, 0.2) is 0 Å². The summed E-state index contributed by atoms with van der Waals surface area (Å²) in [5.41, 5.74) is 1.71. The normalized spacial score (nSPS) is 12.6. The van der Waals surface area contributed by atoms with Gasteiger partial charge >= 0.3 is 0 Å². The number of ether oxygens (including phenoxy) is 1. The standard InChI is InChI=1S/C16H25BrO2/c1-15(2,3)11-16(4,5)12-6-7-14(13(17)10-12)19-9-8-18/h6-7,10,18H,8-9,11H2,1-5H3. The molecule has 0 aliphatic rings. The molecule has 1 N–H and O–H groups in total. The van der Waals surface area contributed by atoms with Gasteiger partial charge in [-0.15, -0.1) is 0 Å². The number of aliphatic hydroxyl groups is 1. The fourth-order valence-corrected chi connectivity index (χ4v) is 3.12. The van der Waals surface area contributed by atoms with Crippen LogP contribution in [0.5, 0.6) is 5.75 Å². The van der Waals surface area contributed by atoms with Gasteiger partial charge in [-0.25, -0.2) is 0 Å². The molecular weight excluding hydrogens is 304 g/mol. The fraction of sp³-hybridized carbons (Fsp3) is 0.625. The molecule has 1 aromatic carbocycles. The van der Waals surface area contributed by atoms with Crippen LogP contribution in [0.15, 0.2) is 22.7 Å². The Morgan fingerprint density at radius 2 is 1.79 bits per heavy atom. The predicted octanol–water partition coefficient (Wildman–Crippen LogP) is 4.53. The molecule has 0 heterocycles. The first-order chi connectivity index (χ1) is 8.65. The molecule has 1 aromatic rings. The van der Waals surface area contributed by atoms with Crippen molar-refractivity contribution in [1.29, 1.82) is 0 Å². The van der Waals surface area contributed by atoms with E-state index in [1.165, 1.54) is 5.56 Å². The first kappa shape index (κ1) is 16.5. The summed E-state index contributed by atoms with van der Waals surface area (Å²) in [5.74, 6) is 0.782. The Bertz CT molecular complexity index is 419. The van der Waals surface area contributed by atoms with E-state index in [9.17, 15) is 0 Å². The molecule has 0 radical (unpaired) electrons. The molecule has 3 heteroatoms. The van der Waals surface area contributed by atoms with E-state index in [1.807, 2.05) is 6.07 Å². The summed E-state index contributed by atoms with van der Waals surface area (Å²) in [6.07, 6.45) is 1.11. The van der Waals surface area contributed by atoms with E-state index < -0.39 is 0 Å². The van der Waals surface area contributed by atoms with Crippen molar-refractivity contribution >= 4 is 15.9 Å². The van der Waals surface area contributed by atoms with Crippen LogP contribution in [-0.4, -0.2) is 18.3 Å². The molecule has 1 rings (SSSR count). The number of benzene rings is 1. The fourth-order valence-electron chi connectivity index (χ4n) is 2.62. The second kappa shape index (κ2) is 6.27. The number of hydrogen-bond donors (Lipinski definition) is 1. The molecule has 0 bridgehead atoms. The van der Waals surface area contributed by atoms with Gasteiger partial charge < -0.3 is 9.84 Å². The molecule has 108 valence electrons. The average Bonchev–Trinajstić information content (AvgIpc) is 2.24. The van der Waals surface area contributed by atoms with E-state index in [2.05, 4.69) is 62.7 Å². The minimum Gasteiger partial charge on any atom is -0.490 e. The zero-order chi connectivity index (χ0) is 14.7. The highest BCUT2D eigenvalue weighted by Crippen LogP contribution is 2.38. The third kappa shape index (κ3) is 5.15. The summed E-state index contributed by atoms with van der Waals surface area (Å²) in [5, 5.41) is 8.79. The van der Waals surface area contributed by atoms with Gasteiger partial charge in [0.2, 0.25) is 0 Å². The third-order valence-corrected chi connectivity index (χ3v) is 3.65. The van der Waals surface area contributed by atoms with E-state index in [0.29, 0.717) is 12.0 Å². The minimum absolute atomic E-state index is 0.0315. The molecule has 0 spiro atoms. The van der Waals surface area contributed by atoms with Crippen molar-refractivity contribution < 1.29 is 9.84 Å². The van der Waals surface area contributed by atoms with Gasteiger partial charge in [-0.05, 0) is 50.9 Å². The Kier molecular flexibility index (Phi) is 5.45. The van der Waals surface area contributed by atoms with E-state index in [0.717, 1.165) is 16.6 Å². The summed E-state index contributed by atoms with van der Waals surface area (Å²) in [7, 11) is 0. The first-order valence-electron chi connectivity index (χ1n) is 6.69. The molecule has 19 heavy (non-hydrogen) atoms. The highest BCUT2D eigenvalue weighted by Gasteiger charge is 2.27. The van der Waals surface area contributed by atoms with Crippen LogP contribution in [0, 0.1) is 5.41 Å². The molecule has 0 aromatic heterocycles. The van der Waals surface area contributed by atoms with Crippen LogP contribution >= 0.6 is 15.9 Å². The number of halogens is 1. The van der Waals surface area contributed by atoms with Gasteiger partial charge in [0, 0.05) is 0 Å². The summed E-state index contributed by atoms with van der Waals surface area (Å²) in [4.78, 5) is 0. The summed E-state index contributed by atoms with van der Waals surface area (Å²) in [6, 6.07) is 6.21. The lowest BCUT2D eigenvalue weighted by Gasteiger charge is -2.33. The van der Waals surface area contributed by atoms with E-state index in [-0.39, 0.29) is 12.0 Å². The average molecular weight is 329 g/mol. The monoisotopic (exact) mass is 328 g/mol. The highest BCUT2D eigenvalue weighted by molar-refractivity contribution is 9.10. The lowest BCUT2D eigenvalue weighted by atomic mass is 9.72. The van der Waals surface area contributed by atoms with Crippen LogP contribution in [0.2, 0.25) is 0 Å². The SMILES string of the molecule is CC(C)(C)CC(C)(C)c1ccc(OCCO)c(Br)c1. The van der Waals surface area contributed by atoms with E-state index >= 15 is 0 Å². The van der Waals surface area contributed by atoms with Crippen molar-refractivity contribution in [2.45, 2.75) is 46.5 Å². The smallest absolute Gasteiger partial charge is 0.133 e. The molecule has 0 aliphatic carbocycles. The van der Waals surface area contributed by atoms with Crippen molar-refractivity contribution in [3.8, 4) is 5.75 Å². The maximum absolute atomic E-state index is 8.79. The van der Waals surface area contributed by atoms with Crippen LogP contribution < -0.4 is 4.74 Å². The van der Waals surface area contributed by atoms with Crippen molar-refractivity contribution in [2.24, 2.45) is 5.41 Å². The van der Waals surface area contributed by atoms with Crippen LogP contribution in [-0.2, 0) is 5.41 Å². The van der Waals surface area contributed by atoms with Crippen molar-refractivity contribution in [1.82, 2.24) is 0 Å². The van der Waals surface area contributed by atoms with Crippen LogP contribution in [0.1, 0.15) is 46.6 Å². The molecular formula is C16H25BrO2. The van der Waals surface area contributed by atoms with Crippen molar-refractivity contribution in [3.63, 3.8) is 0 Å². The summed E-state index contributed by atoms with van der Waals surface area (Å²) >= 11 is 3.54. The Labute approximate surface area is 125 Å². The highest BCUT2D eigenvalue weighted by atomic mass is 79.9. The summed E-state index contributed by atoms with van der Waals surface area (Å²) in [6.45, 7) is 11.7. The second-order valence-electron chi connectivity index (χ2n) is 6.84. The molecule has 0 amide bonds. The lowest BCUT2D eigenvalue weighted by Crippen LogP contribution is -2.24. The van der Waals surface area contributed by atoms with Gasteiger partial charge in [0.25, 0.3) is 0 Å². The van der Waals surface area contributed by atoms with Crippen LogP contribution in [0.3, 0.4) is 0 Å². The quantitative estimate of drug-likeness (QED) is 0.860. The number of rotatable bonds is 5. The molecule has 0 aliphatic heterocycles. The largest absolute Gasteiger partial charge is 0.490 e. The van der Waals surface area contributed by atoms with E-state index in [4.69, 9.17) is 9.84 Å². The topological polar surface area (TPSA) is 29.5 Å². The maximum atomic E-state index is 8.79. The zero-order valence-electron chi connectivity index (χ0n) is 12.6. The van der Waals surface area contributed by atoms with Gasteiger partial charge in [-0.3, -0.25) is 0 Å². The molecule has 0 unspecified atom stereocenters. The van der Waals surface area contributed by atoms with E-state index in [1.54, 1.807) is 0 Å². The van der Waals surface area contributed by atoms with Gasteiger partial charge in [-0.2, -0.15) is 0 Å². The number of aliphatic hydroxyl groups excluding tert-OH is 1. The Morgan fingerprint density at radius 1 is 1.16 bits per heavy atom. The van der Waals surface area contributed by atoms with Crippen molar-refractivity contribution in [2.75, 3.05) is 13.2 Å². The van der Waals surface area contributed by atoms with Crippen LogP contribution in [0.4, 0.5) is 0 Å². The minimum atomic E-state index is 0.0315. The molecule has 2 nitrogen and oxygen atoms in total. The summed E-state index contributed by atoms with van der Waals surface area (Å²) < 4.78 is 6.40. The van der Waals surface area contributed by atoms with Gasteiger partial charge in [-0.1, -0.05) is 40.7 Å². The number of hydrogen-bond acceptors (Lipinski definition) is 2. The zero-order valence-corrected chi connectivity index (χ0v) is 14.2. The molecule has 0 fully saturated rings. The Hall–Kier alpha value is -0.540. The maximum Gasteiger partial charge on any atom is 0.133 e. The lowest BCUT2D eigenvalue weighted by molar-refractivity contribution is 0.200. The van der Waals surface area contributed by atoms with Crippen LogP contribution in [0.25, 0.3) is 0 Å². The Morgan fingerprint density at radius 3 is 2.26 bits per heavy atom. The third-order valence-electron chi connectivity index (χ3n) is 3.03. The molecule has 0 saturated carbocycles. The predicted molar refractivity (Wildman–Crippen MR) is 83.8 cm³/mol. The van der Waals surface area contributed by atoms with Crippen molar-refractivity contribution in [3.05, 3.63) is 28.2 Å². The first-order valence-corrected chi connectivity index (χ1v) is 7.49. The second-order valence-corrected chi connectivity index (χ2v) is 7.69. The van der Waals surface area contributed by atoms with Gasteiger partial charge in [0.05, 0.1) is 11.1 Å². The molecule has 0 saturated heterocycles. The molecule has 0 atom stereocenters. The van der Waals surface area contributed by atoms with Gasteiger partial charge in [0.1, 0.15) is 12.4 Å².